The summed E-state index contributed by atoms with van der Waals surface area (Å²) in [7, 11) is 0. The molecular weight excluding hydrogens is 424 g/mol. The Morgan fingerprint density at radius 2 is 2.00 bits per heavy atom. The SMILES string of the molecule is CC(C)(C)OC(=O)NCc1ccnc(-c2ccc3c(c2)CN(C2CCC(=O)NC2=O)C3=O)c1. The summed E-state index contributed by atoms with van der Waals surface area (Å²) in [5, 5.41) is 5.04. The average molecular weight is 450 g/mol. The van der Waals surface area contributed by atoms with Gasteiger partial charge in [-0.15, -0.1) is 0 Å². The predicted octanol–water partition coefficient (Wildman–Crippen LogP) is 2.53. The monoisotopic (exact) mass is 450 g/mol. The van der Waals surface area contributed by atoms with Gasteiger partial charge in [0, 0.05) is 36.8 Å². The number of hydrogen-bond donors (Lipinski definition) is 2. The lowest BCUT2D eigenvalue weighted by Crippen LogP contribution is -2.52. The molecule has 1 aromatic carbocycles. The number of carbonyl (C=O) groups is 4. The first-order valence-corrected chi connectivity index (χ1v) is 10.8. The van der Waals surface area contributed by atoms with Crippen LogP contribution in [-0.4, -0.2) is 45.3 Å². The minimum atomic E-state index is -0.647. The third-order valence-corrected chi connectivity index (χ3v) is 5.48. The van der Waals surface area contributed by atoms with Crippen LogP contribution in [0.15, 0.2) is 36.5 Å². The van der Waals surface area contributed by atoms with Crippen molar-refractivity contribution in [2.24, 2.45) is 0 Å². The van der Waals surface area contributed by atoms with Gasteiger partial charge < -0.3 is 15.0 Å². The molecule has 2 aliphatic heterocycles. The molecule has 0 radical (unpaired) electrons. The number of nitrogens with zero attached hydrogens (tertiary/aromatic N) is 2. The van der Waals surface area contributed by atoms with E-state index in [2.05, 4.69) is 15.6 Å². The van der Waals surface area contributed by atoms with Crippen LogP contribution in [0.3, 0.4) is 0 Å². The molecule has 4 amide bonds. The van der Waals surface area contributed by atoms with Gasteiger partial charge in [0.1, 0.15) is 11.6 Å². The first-order valence-electron chi connectivity index (χ1n) is 10.8. The van der Waals surface area contributed by atoms with Crippen LogP contribution in [0.5, 0.6) is 0 Å². The normalized spacial score (nSPS) is 18.1. The quantitative estimate of drug-likeness (QED) is 0.692. The van der Waals surface area contributed by atoms with Gasteiger partial charge in [-0.2, -0.15) is 0 Å². The molecule has 2 aromatic rings. The molecule has 2 aliphatic rings. The van der Waals surface area contributed by atoms with Gasteiger partial charge in [0.2, 0.25) is 11.8 Å². The summed E-state index contributed by atoms with van der Waals surface area (Å²) in [4.78, 5) is 54.4. The Bertz CT molecular complexity index is 1140. The van der Waals surface area contributed by atoms with Gasteiger partial charge in [-0.3, -0.25) is 24.7 Å². The molecule has 9 nitrogen and oxygen atoms in total. The molecule has 1 aromatic heterocycles. The minimum absolute atomic E-state index is 0.214. The van der Waals surface area contributed by atoms with Crippen LogP contribution >= 0.6 is 0 Å². The molecule has 9 heteroatoms. The van der Waals surface area contributed by atoms with E-state index in [0.717, 1.165) is 16.7 Å². The number of amides is 4. The highest BCUT2D eigenvalue weighted by atomic mass is 16.6. The second kappa shape index (κ2) is 8.65. The van der Waals surface area contributed by atoms with Crippen molar-refractivity contribution >= 4 is 23.8 Å². The van der Waals surface area contributed by atoms with Crippen LogP contribution in [0.25, 0.3) is 11.3 Å². The van der Waals surface area contributed by atoms with Gasteiger partial charge in [0.25, 0.3) is 5.91 Å². The van der Waals surface area contributed by atoms with Crippen LogP contribution < -0.4 is 10.6 Å². The number of rotatable bonds is 4. The third kappa shape index (κ3) is 5.02. The summed E-state index contributed by atoms with van der Waals surface area (Å²) in [6, 6.07) is 8.49. The van der Waals surface area contributed by atoms with E-state index < -0.39 is 23.6 Å². The van der Waals surface area contributed by atoms with Crippen molar-refractivity contribution in [3.8, 4) is 11.3 Å². The molecule has 33 heavy (non-hydrogen) atoms. The van der Waals surface area contributed by atoms with Gasteiger partial charge in [-0.05, 0) is 62.6 Å². The Balaban J connectivity index is 1.48. The zero-order valence-corrected chi connectivity index (χ0v) is 18.8. The number of pyridine rings is 1. The first kappa shape index (κ1) is 22.4. The van der Waals surface area contributed by atoms with Crippen LogP contribution in [0, 0.1) is 0 Å². The third-order valence-electron chi connectivity index (χ3n) is 5.48. The molecule has 0 spiro atoms. The molecule has 1 fully saturated rings. The standard InChI is InChI=1S/C24H26N4O5/c1-24(2,3)33-23(32)26-12-14-8-9-25-18(10-14)15-4-5-17-16(11-15)13-28(22(17)31)19-6-7-20(29)27-21(19)30/h4-5,8-11,19H,6-7,12-13H2,1-3H3,(H,26,32)(H,27,29,30). The zero-order chi connectivity index (χ0) is 23.8. The van der Waals surface area contributed by atoms with Crippen molar-refractivity contribution in [1.29, 1.82) is 0 Å². The second-order valence-corrected chi connectivity index (χ2v) is 9.18. The molecule has 1 unspecified atom stereocenters. The Hall–Kier alpha value is -3.75. The molecule has 172 valence electrons. The molecule has 0 bridgehead atoms. The lowest BCUT2D eigenvalue weighted by Gasteiger charge is -2.29. The summed E-state index contributed by atoms with van der Waals surface area (Å²) >= 11 is 0. The predicted molar refractivity (Wildman–Crippen MR) is 119 cm³/mol. The number of fused-ring (bicyclic) bond motifs is 1. The summed E-state index contributed by atoms with van der Waals surface area (Å²) in [5.74, 6) is -0.955. The summed E-state index contributed by atoms with van der Waals surface area (Å²) in [6.07, 6.45) is 1.71. The highest BCUT2D eigenvalue weighted by Crippen LogP contribution is 2.30. The highest BCUT2D eigenvalue weighted by Gasteiger charge is 2.39. The van der Waals surface area contributed by atoms with Gasteiger partial charge in [0.15, 0.2) is 0 Å². The fourth-order valence-electron chi connectivity index (χ4n) is 3.96. The fraction of sp³-hybridized carbons (Fsp3) is 0.375. The van der Waals surface area contributed by atoms with Crippen molar-refractivity contribution in [2.45, 2.75) is 58.3 Å². The number of nitrogens with one attached hydrogen (secondary N) is 2. The van der Waals surface area contributed by atoms with Crippen molar-refractivity contribution in [2.75, 3.05) is 0 Å². The molecule has 3 heterocycles. The molecular formula is C24H26N4O5. The van der Waals surface area contributed by atoms with Crippen molar-refractivity contribution in [3.05, 3.63) is 53.2 Å². The lowest BCUT2D eigenvalue weighted by molar-refractivity contribution is -0.136. The molecule has 2 N–H and O–H groups in total. The van der Waals surface area contributed by atoms with E-state index in [1.165, 1.54) is 4.90 Å². The average Bonchev–Trinajstić information content (AvgIpc) is 3.07. The topological polar surface area (TPSA) is 118 Å². The lowest BCUT2D eigenvalue weighted by atomic mass is 10.0. The van der Waals surface area contributed by atoms with Gasteiger partial charge in [-0.1, -0.05) is 6.07 Å². The van der Waals surface area contributed by atoms with Crippen LogP contribution in [-0.2, 0) is 27.4 Å². The van der Waals surface area contributed by atoms with Crippen molar-refractivity contribution in [1.82, 2.24) is 20.5 Å². The smallest absolute Gasteiger partial charge is 0.407 e. The van der Waals surface area contributed by atoms with Gasteiger partial charge in [-0.25, -0.2) is 4.79 Å². The van der Waals surface area contributed by atoms with E-state index in [1.54, 1.807) is 33.0 Å². The zero-order valence-electron chi connectivity index (χ0n) is 18.8. The van der Waals surface area contributed by atoms with Crippen molar-refractivity contribution < 1.29 is 23.9 Å². The summed E-state index contributed by atoms with van der Waals surface area (Å²) < 4.78 is 5.26. The van der Waals surface area contributed by atoms with E-state index in [4.69, 9.17) is 4.74 Å². The summed E-state index contributed by atoms with van der Waals surface area (Å²) in [5.41, 5.74) is 3.16. The number of alkyl carbamates (subject to hydrolysis) is 1. The van der Waals surface area contributed by atoms with E-state index in [1.807, 2.05) is 24.3 Å². The number of ether oxygens (including phenoxy) is 1. The number of carbonyl (C=O) groups excluding carboxylic acids is 4. The molecule has 0 saturated carbocycles. The summed E-state index contributed by atoms with van der Waals surface area (Å²) in [6.45, 7) is 6.00. The maximum atomic E-state index is 12.9. The Morgan fingerprint density at radius 3 is 2.73 bits per heavy atom. The largest absolute Gasteiger partial charge is 0.444 e. The highest BCUT2D eigenvalue weighted by molar-refractivity contribution is 6.05. The molecule has 4 rings (SSSR count). The fourth-order valence-corrected chi connectivity index (χ4v) is 3.96. The molecule has 1 atom stereocenters. The van der Waals surface area contributed by atoms with E-state index >= 15 is 0 Å². The van der Waals surface area contributed by atoms with Crippen LogP contribution in [0.2, 0.25) is 0 Å². The number of aromatic nitrogens is 1. The van der Waals surface area contributed by atoms with Crippen molar-refractivity contribution in [3.63, 3.8) is 0 Å². The Kier molecular flexibility index (Phi) is 5.88. The van der Waals surface area contributed by atoms with Gasteiger partial charge in [0.05, 0.1) is 5.69 Å². The number of piperidine rings is 1. The molecule has 0 aliphatic carbocycles. The van der Waals surface area contributed by atoms with E-state index in [-0.39, 0.29) is 24.8 Å². The number of hydrogen-bond acceptors (Lipinski definition) is 6. The van der Waals surface area contributed by atoms with Gasteiger partial charge >= 0.3 is 6.09 Å². The maximum absolute atomic E-state index is 12.9. The number of imide groups is 1. The molecule has 1 saturated heterocycles. The van der Waals surface area contributed by atoms with E-state index in [0.29, 0.717) is 24.2 Å². The second-order valence-electron chi connectivity index (χ2n) is 9.18. The Labute approximate surface area is 191 Å². The number of benzene rings is 1. The van der Waals surface area contributed by atoms with Crippen LogP contribution in [0.1, 0.15) is 55.1 Å². The maximum Gasteiger partial charge on any atom is 0.407 e. The minimum Gasteiger partial charge on any atom is -0.444 e. The van der Waals surface area contributed by atoms with Crippen LogP contribution in [0.4, 0.5) is 4.79 Å². The van der Waals surface area contributed by atoms with E-state index in [9.17, 15) is 19.2 Å². The first-order chi connectivity index (χ1) is 15.6. The Morgan fingerprint density at radius 1 is 1.21 bits per heavy atom.